The first-order chi connectivity index (χ1) is 9.40. The van der Waals surface area contributed by atoms with Gasteiger partial charge in [-0.05, 0) is 6.92 Å². The molecule has 2 aliphatic heterocycles. The van der Waals surface area contributed by atoms with Gasteiger partial charge in [0.15, 0.2) is 5.78 Å². The van der Waals surface area contributed by atoms with Crippen LogP contribution >= 0.6 is 23.4 Å². The Labute approximate surface area is 125 Å². The first-order valence-corrected chi connectivity index (χ1v) is 7.49. The number of ether oxygens (including phenoxy) is 2. The third-order valence-electron chi connectivity index (χ3n) is 2.86. The van der Waals surface area contributed by atoms with Crippen LogP contribution in [-0.2, 0) is 23.9 Å². The van der Waals surface area contributed by atoms with Gasteiger partial charge in [-0.25, -0.2) is 0 Å². The third kappa shape index (κ3) is 3.09. The van der Waals surface area contributed by atoms with Crippen LogP contribution in [0.15, 0.2) is 11.5 Å². The van der Waals surface area contributed by atoms with Gasteiger partial charge in [0.1, 0.15) is 6.61 Å². The highest BCUT2D eigenvalue weighted by atomic mass is 35.5. The molecule has 110 valence electrons. The van der Waals surface area contributed by atoms with Crippen molar-refractivity contribution in [2.45, 2.75) is 31.2 Å². The van der Waals surface area contributed by atoms with E-state index >= 15 is 0 Å². The van der Waals surface area contributed by atoms with Gasteiger partial charge in [0.2, 0.25) is 17.4 Å². The van der Waals surface area contributed by atoms with Gasteiger partial charge in [0.05, 0.1) is 11.8 Å². The quantitative estimate of drug-likeness (QED) is 0.431. The highest BCUT2D eigenvalue weighted by molar-refractivity contribution is 8.00. The zero-order valence-corrected chi connectivity index (χ0v) is 12.6. The van der Waals surface area contributed by atoms with Crippen molar-refractivity contribution < 1.29 is 23.9 Å². The van der Waals surface area contributed by atoms with Gasteiger partial charge in [-0.1, -0.05) is 11.6 Å². The molecule has 0 aliphatic carbocycles. The fourth-order valence-electron chi connectivity index (χ4n) is 1.81. The summed E-state index contributed by atoms with van der Waals surface area (Å²) in [4.78, 5) is 35.2. The molecular formula is C12H14ClNO5S. The summed E-state index contributed by atoms with van der Waals surface area (Å²) in [6, 6.07) is 0. The normalized spacial score (nSPS) is 22.9. The van der Waals surface area contributed by atoms with Crippen molar-refractivity contribution in [3.05, 3.63) is 11.5 Å². The zero-order chi connectivity index (χ0) is 14.9. The van der Waals surface area contributed by atoms with Crippen molar-refractivity contribution in [3.8, 4) is 0 Å². The van der Waals surface area contributed by atoms with Crippen molar-refractivity contribution >= 4 is 41.0 Å². The monoisotopic (exact) mass is 319 g/mol. The molecule has 0 aromatic carbocycles. The number of hydrogen-bond donors (Lipinski definition) is 0. The summed E-state index contributed by atoms with van der Waals surface area (Å²) in [5, 5.41) is 0.00871. The molecule has 1 fully saturated rings. The fraction of sp³-hybridized carbons (Fsp3) is 0.583. The first-order valence-electron chi connectivity index (χ1n) is 6.00. The van der Waals surface area contributed by atoms with Gasteiger partial charge in [0.25, 0.3) is 0 Å². The first kappa shape index (κ1) is 15.2. The molecule has 0 radical (unpaired) electrons. The van der Waals surface area contributed by atoms with E-state index in [1.807, 2.05) is 0 Å². The van der Waals surface area contributed by atoms with Crippen molar-refractivity contribution in [2.75, 3.05) is 12.4 Å². The maximum atomic E-state index is 11.7. The van der Waals surface area contributed by atoms with Crippen LogP contribution in [0.1, 0.15) is 20.3 Å². The number of rotatable bonds is 5. The smallest absolute Gasteiger partial charge is 0.302 e. The minimum Gasteiger partial charge on any atom is -0.461 e. The average Bonchev–Trinajstić information content (AvgIpc) is 2.35. The van der Waals surface area contributed by atoms with Crippen molar-refractivity contribution in [3.63, 3.8) is 0 Å². The molecule has 1 unspecified atom stereocenters. The van der Waals surface area contributed by atoms with Crippen LogP contribution in [0, 0.1) is 0 Å². The van der Waals surface area contributed by atoms with E-state index in [0.717, 1.165) is 0 Å². The largest absolute Gasteiger partial charge is 0.461 e. The summed E-state index contributed by atoms with van der Waals surface area (Å²) in [7, 11) is 0. The van der Waals surface area contributed by atoms with E-state index in [1.165, 1.54) is 18.7 Å². The van der Waals surface area contributed by atoms with Crippen molar-refractivity contribution in [1.82, 2.24) is 4.90 Å². The van der Waals surface area contributed by atoms with Gasteiger partial charge >= 0.3 is 5.97 Å². The maximum absolute atomic E-state index is 11.7. The molecule has 8 heteroatoms. The van der Waals surface area contributed by atoms with Crippen LogP contribution in [0.5, 0.6) is 0 Å². The highest BCUT2D eigenvalue weighted by Gasteiger charge is 2.45. The Morgan fingerprint density at radius 2 is 2.20 bits per heavy atom. The van der Waals surface area contributed by atoms with Crippen LogP contribution < -0.4 is 0 Å². The summed E-state index contributed by atoms with van der Waals surface area (Å²) >= 11 is 7.37. The number of carbonyl (C=O) groups is 3. The van der Waals surface area contributed by atoms with Crippen molar-refractivity contribution in [2.24, 2.45) is 0 Å². The number of fused-ring (bicyclic) bond motifs is 1. The molecule has 0 aromatic rings. The Bertz CT molecular complexity index is 492. The Morgan fingerprint density at radius 1 is 1.50 bits per heavy atom. The topological polar surface area (TPSA) is 72.9 Å². The molecule has 0 bridgehead atoms. The van der Waals surface area contributed by atoms with E-state index in [2.05, 4.69) is 0 Å². The van der Waals surface area contributed by atoms with Crippen molar-refractivity contribution in [1.29, 1.82) is 0 Å². The molecule has 0 saturated carbocycles. The van der Waals surface area contributed by atoms with Gasteiger partial charge in [-0.2, -0.15) is 0 Å². The molecule has 0 N–H and O–H groups in total. The van der Waals surface area contributed by atoms with Crippen LogP contribution in [-0.4, -0.2) is 45.9 Å². The Morgan fingerprint density at radius 3 is 2.75 bits per heavy atom. The van der Waals surface area contributed by atoms with Gasteiger partial charge in [0, 0.05) is 18.2 Å². The molecule has 20 heavy (non-hydrogen) atoms. The van der Waals surface area contributed by atoms with Gasteiger partial charge in [-0.15, -0.1) is 11.8 Å². The lowest BCUT2D eigenvalue weighted by Gasteiger charge is -2.44. The number of esters is 1. The van der Waals surface area contributed by atoms with E-state index < -0.39 is 11.5 Å². The van der Waals surface area contributed by atoms with Gasteiger partial charge < -0.3 is 9.47 Å². The molecule has 2 heterocycles. The predicted octanol–water partition coefficient (Wildman–Crippen LogP) is 1.24. The van der Waals surface area contributed by atoms with Crippen LogP contribution in [0.25, 0.3) is 0 Å². The summed E-state index contributed by atoms with van der Waals surface area (Å²) in [5.41, 5.74) is -0.518. The molecular weight excluding hydrogens is 306 g/mol. The number of hydrogen-bond acceptors (Lipinski definition) is 6. The molecule has 2 rings (SSSR count). The Hall–Kier alpha value is -1.21. The summed E-state index contributed by atoms with van der Waals surface area (Å²) < 4.78 is 10.3. The number of carbonyl (C=O) groups excluding carboxylic acids is 3. The number of halogens is 1. The molecule has 0 spiro atoms. The molecule has 6 nitrogen and oxygen atoms in total. The average molecular weight is 320 g/mol. The van der Waals surface area contributed by atoms with E-state index in [-0.39, 0.29) is 29.6 Å². The lowest BCUT2D eigenvalue weighted by Crippen LogP contribution is -2.53. The summed E-state index contributed by atoms with van der Waals surface area (Å²) in [6.07, 6.45) is 0.436. The number of β-lactam (4-membered cyclic amide) rings is 1. The molecule has 2 aliphatic rings. The highest BCUT2D eigenvalue weighted by Crippen LogP contribution is 2.40. The van der Waals surface area contributed by atoms with E-state index in [4.69, 9.17) is 21.1 Å². The lowest BCUT2D eigenvalue weighted by molar-refractivity contribution is -0.145. The fourth-order valence-corrected chi connectivity index (χ4v) is 3.11. The predicted molar refractivity (Wildman–Crippen MR) is 72.8 cm³/mol. The molecule has 1 saturated heterocycles. The third-order valence-corrected chi connectivity index (χ3v) is 4.54. The Balaban J connectivity index is 2.20. The Kier molecular flexibility index (Phi) is 4.59. The van der Waals surface area contributed by atoms with Crippen LogP contribution in [0.3, 0.4) is 0 Å². The van der Waals surface area contributed by atoms with E-state index in [0.29, 0.717) is 17.7 Å². The number of alkyl halides is 1. The molecule has 0 aromatic heterocycles. The zero-order valence-electron chi connectivity index (χ0n) is 11.1. The number of amides is 1. The number of nitrogens with zero attached hydrogens (tertiary/aromatic N) is 1. The van der Waals surface area contributed by atoms with Gasteiger partial charge in [-0.3, -0.25) is 19.3 Å². The second-order valence-corrected chi connectivity index (χ2v) is 6.03. The lowest BCUT2D eigenvalue weighted by atomic mass is 10.1. The van der Waals surface area contributed by atoms with E-state index in [9.17, 15) is 14.4 Å². The summed E-state index contributed by atoms with van der Waals surface area (Å²) in [6.45, 7) is 2.63. The number of thioether (sulfide) groups is 1. The number of ketones is 1. The second-order valence-electron chi connectivity index (χ2n) is 4.47. The standard InChI is InChI=1S/C12H14ClNO5S/c1-6(15)11(13)19-12-8(4-18-7(2)16)5-20-10-3-9(17)14(10)12/h10-11H,3-5H2,1-2H3/t10-,11?/m0/s1. The van der Waals surface area contributed by atoms with Crippen LogP contribution in [0.2, 0.25) is 0 Å². The maximum Gasteiger partial charge on any atom is 0.302 e. The second kappa shape index (κ2) is 6.05. The van der Waals surface area contributed by atoms with E-state index in [1.54, 1.807) is 11.8 Å². The minimum atomic E-state index is -1.16. The number of Topliss-reactive ketones (excluding diaryl/α,β-unsaturated/α-hetero) is 1. The molecule has 2 atom stereocenters. The molecule has 1 amide bonds. The minimum absolute atomic E-state index is 0.00871. The summed E-state index contributed by atoms with van der Waals surface area (Å²) in [5.74, 6) is -0.0495. The van der Waals surface area contributed by atoms with Crippen LogP contribution in [0.4, 0.5) is 0 Å². The SMILES string of the molecule is CC(=O)OCC1=C(OC(Cl)C(C)=O)N2C(=O)C[C@@H]2SC1.